The summed E-state index contributed by atoms with van der Waals surface area (Å²) in [6, 6.07) is -0.104. The van der Waals surface area contributed by atoms with E-state index < -0.39 is 53.2 Å². The molecule has 0 atom stereocenters. The molecule has 0 aliphatic carbocycles. The molecule has 0 amide bonds. The van der Waals surface area contributed by atoms with Gasteiger partial charge in [0.1, 0.15) is 9.85 Å². The fourth-order valence-electron chi connectivity index (χ4n) is 1.57. The molecule has 15 nitrogen and oxygen atoms in total. The molecular formula is C7H2FN5O10. The molecule has 0 bridgehead atoms. The first-order valence-corrected chi connectivity index (χ1v) is 5.04. The fourth-order valence-corrected chi connectivity index (χ4v) is 1.57. The second kappa shape index (κ2) is 5.50. The summed E-state index contributed by atoms with van der Waals surface area (Å²) in [4.78, 5) is 44.4. The van der Waals surface area contributed by atoms with Gasteiger partial charge in [-0.2, -0.15) is 0 Å². The number of alkyl halides is 1. The van der Waals surface area contributed by atoms with E-state index in [0.29, 0.717) is 0 Å². The molecule has 0 heterocycles. The van der Waals surface area contributed by atoms with Gasteiger partial charge in [0.15, 0.2) is 0 Å². The number of nitrogens with zero attached hydrogens (tertiary/aromatic N) is 5. The van der Waals surface area contributed by atoms with Crippen molar-refractivity contribution in [2.24, 2.45) is 0 Å². The van der Waals surface area contributed by atoms with E-state index in [1.54, 1.807) is 0 Å². The Bertz CT molecular complexity index is 713. The molecule has 0 aliphatic rings. The predicted octanol–water partition coefficient (Wildman–Crippen LogP) is 1.04. The monoisotopic (exact) mass is 335 g/mol. The smallest absolute Gasteiger partial charge is 0.258 e. The van der Waals surface area contributed by atoms with Gasteiger partial charge in [-0.3, -0.25) is 50.6 Å². The highest BCUT2D eigenvalue weighted by molar-refractivity contribution is 5.61. The molecule has 23 heavy (non-hydrogen) atoms. The highest BCUT2D eigenvalue weighted by atomic mass is 19.2. The molecule has 1 aromatic carbocycles. The molecule has 16 heteroatoms. The third-order valence-corrected chi connectivity index (χ3v) is 2.49. The molecule has 122 valence electrons. The summed E-state index contributed by atoms with van der Waals surface area (Å²) in [5.41, 5.74) is -7.10. The Hall–Kier alpha value is -3.85. The summed E-state index contributed by atoms with van der Waals surface area (Å²) in [5.74, 6) is -4.94. The van der Waals surface area contributed by atoms with Crippen LogP contribution < -0.4 is 0 Å². The van der Waals surface area contributed by atoms with Crippen LogP contribution in [0.2, 0.25) is 0 Å². The van der Waals surface area contributed by atoms with Crippen LogP contribution in [-0.4, -0.2) is 24.6 Å². The van der Waals surface area contributed by atoms with Gasteiger partial charge >= 0.3 is 22.9 Å². The molecule has 0 saturated heterocycles. The van der Waals surface area contributed by atoms with Crippen LogP contribution in [0.25, 0.3) is 0 Å². The van der Waals surface area contributed by atoms with Crippen LogP contribution in [0.15, 0.2) is 12.1 Å². The van der Waals surface area contributed by atoms with Crippen LogP contribution in [-0.2, 0) is 5.92 Å². The lowest BCUT2D eigenvalue weighted by Gasteiger charge is -2.08. The summed E-state index contributed by atoms with van der Waals surface area (Å²) in [7, 11) is 0. The van der Waals surface area contributed by atoms with Gasteiger partial charge in [-0.25, -0.2) is 0 Å². The minimum absolute atomic E-state index is 0.0519. The number of benzene rings is 1. The third-order valence-electron chi connectivity index (χ3n) is 2.49. The van der Waals surface area contributed by atoms with Crippen LogP contribution in [0.4, 0.5) is 21.5 Å². The van der Waals surface area contributed by atoms with Crippen molar-refractivity contribution in [2.45, 2.75) is 5.92 Å². The number of hydrogen-bond donors (Lipinski definition) is 0. The largest absolute Gasteiger partial charge is 0.656 e. The van der Waals surface area contributed by atoms with Gasteiger partial charge in [0, 0.05) is 0 Å². The first-order valence-electron chi connectivity index (χ1n) is 5.04. The summed E-state index contributed by atoms with van der Waals surface area (Å²) in [5, 5.41) is 53.5. The number of rotatable bonds is 6. The third kappa shape index (κ3) is 2.66. The molecule has 1 aromatic rings. The summed E-state index contributed by atoms with van der Waals surface area (Å²) >= 11 is 0. The topological polar surface area (TPSA) is 216 Å². The molecule has 0 unspecified atom stereocenters. The second-order valence-electron chi connectivity index (χ2n) is 3.73. The number of nitro groups is 5. The maximum atomic E-state index is 14.2. The van der Waals surface area contributed by atoms with Crippen molar-refractivity contribution < 1.29 is 29.0 Å². The molecule has 0 spiro atoms. The van der Waals surface area contributed by atoms with Crippen LogP contribution in [0, 0.1) is 50.6 Å². The van der Waals surface area contributed by atoms with Gasteiger partial charge in [-0.15, -0.1) is 0 Å². The zero-order valence-electron chi connectivity index (χ0n) is 10.4. The standard InChI is InChI=1S/C7H2FN5O10/c8-7(12(20)21,13(22)23)6-4(10(16)17)1-3(9(14)15)2-5(6)11(18)19/h1-2H. The number of halogens is 1. The molecule has 0 fully saturated rings. The SMILES string of the molecule is O=[N+]([O-])c1cc([N+](=O)[O-])c(C(F)([N+](=O)[O-])[N+](=O)[O-])c([N+](=O)[O-])c1. The molecule has 1 rings (SSSR count). The predicted molar refractivity (Wildman–Crippen MR) is 63.2 cm³/mol. The van der Waals surface area contributed by atoms with Gasteiger partial charge in [-0.1, -0.05) is 4.39 Å². The minimum Gasteiger partial charge on any atom is -0.258 e. The van der Waals surface area contributed by atoms with Crippen LogP contribution in [0.3, 0.4) is 0 Å². The van der Waals surface area contributed by atoms with Gasteiger partial charge in [0.25, 0.3) is 5.69 Å². The Morgan fingerprint density at radius 2 is 1.09 bits per heavy atom. The van der Waals surface area contributed by atoms with Crippen molar-refractivity contribution in [3.8, 4) is 0 Å². The normalized spacial score (nSPS) is 10.8. The average Bonchev–Trinajstić information content (AvgIpc) is 2.43. The lowest BCUT2D eigenvalue weighted by molar-refractivity contribution is -0.846. The Labute approximate surface area is 121 Å². The summed E-state index contributed by atoms with van der Waals surface area (Å²) in [6.07, 6.45) is 0. The first kappa shape index (κ1) is 17.2. The Morgan fingerprint density at radius 1 is 0.739 bits per heavy atom. The molecule has 0 N–H and O–H groups in total. The zero-order chi connectivity index (χ0) is 18.1. The van der Waals surface area contributed by atoms with Crippen molar-refractivity contribution in [3.05, 3.63) is 68.3 Å². The van der Waals surface area contributed by atoms with Crippen molar-refractivity contribution in [1.29, 1.82) is 0 Å². The lowest BCUT2D eigenvalue weighted by Crippen LogP contribution is -2.40. The van der Waals surface area contributed by atoms with Gasteiger partial charge in [0.2, 0.25) is 0 Å². The molecule has 0 aliphatic heterocycles. The molecular weight excluding hydrogens is 333 g/mol. The van der Waals surface area contributed by atoms with Crippen molar-refractivity contribution >= 4 is 17.1 Å². The van der Waals surface area contributed by atoms with Crippen LogP contribution in [0.1, 0.15) is 5.56 Å². The summed E-state index contributed by atoms with van der Waals surface area (Å²) < 4.78 is 14.2. The number of nitro benzene ring substituents is 3. The van der Waals surface area contributed by atoms with Crippen molar-refractivity contribution in [1.82, 2.24) is 0 Å². The quantitative estimate of drug-likeness (QED) is 0.311. The summed E-state index contributed by atoms with van der Waals surface area (Å²) in [6.45, 7) is 0. The van der Waals surface area contributed by atoms with E-state index >= 15 is 0 Å². The van der Waals surface area contributed by atoms with Crippen molar-refractivity contribution in [2.75, 3.05) is 0 Å². The van der Waals surface area contributed by atoms with E-state index in [1.807, 2.05) is 0 Å². The lowest BCUT2D eigenvalue weighted by atomic mass is 10.1. The van der Waals surface area contributed by atoms with Crippen LogP contribution >= 0.6 is 0 Å². The molecule has 0 aromatic heterocycles. The number of hydrogen-bond acceptors (Lipinski definition) is 10. The average molecular weight is 335 g/mol. The fraction of sp³-hybridized carbons (Fsp3) is 0.143. The molecule has 0 saturated carbocycles. The Kier molecular flexibility index (Phi) is 4.11. The van der Waals surface area contributed by atoms with Gasteiger partial charge < -0.3 is 0 Å². The van der Waals surface area contributed by atoms with Crippen molar-refractivity contribution in [3.63, 3.8) is 0 Å². The zero-order valence-corrected chi connectivity index (χ0v) is 10.4. The molecule has 0 radical (unpaired) electrons. The van der Waals surface area contributed by atoms with Gasteiger partial charge in [0.05, 0.1) is 26.9 Å². The number of non-ortho nitro benzene ring substituents is 1. The van der Waals surface area contributed by atoms with Gasteiger partial charge in [-0.05, 0) is 0 Å². The van der Waals surface area contributed by atoms with E-state index in [4.69, 9.17) is 0 Å². The Balaban J connectivity index is 4.07. The van der Waals surface area contributed by atoms with E-state index in [9.17, 15) is 55.0 Å². The first-order chi connectivity index (χ1) is 10.4. The van der Waals surface area contributed by atoms with E-state index in [-0.39, 0.29) is 12.1 Å². The maximum Gasteiger partial charge on any atom is 0.656 e. The minimum atomic E-state index is -4.94. The van der Waals surface area contributed by atoms with E-state index in [0.717, 1.165) is 0 Å². The van der Waals surface area contributed by atoms with Crippen LogP contribution in [0.5, 0.6) is 0 Å². The highest BCUT2D eigenvalue weighted by Crippen LogP contribution is 2.43. The van der Waals surface area contributed by atoms with E-state index in [2.05, 4.69) is 0 Å². The highest BCUT2D eigenvalue weighted by Gasteiger charge is 2.68. The maximum absolute atomic E-state index is 14.2. The Morgan fingerprint density at radius 3 is 1.30 bits per heavy atom. The van der Waals surface area contributed by atoms with E-state index in [1.165, 1.54) is 0 Å². The second-order valence-corrected chi connectivity index (χ2v) is 3.73.